The van der Waals surface area contributed by atoms with Crippen LogP contribution in [0.5, 0.6) is 0 Å². The summed E-state index contributed by atoms with van der Waals surface area (Å²) in [5.41, 5.74) is 0. The van der Waals surface area contributed by atoms with Crippen LogP contribution in [-0.2, 0) is 4.74 Å². The molecule has 1 N–H and O–H groups in total. The van der Waals surface area contributed by atoms with Crippen molar-refractivity contribution in [2.75, 3.05) is 33.9 Å². The Labute approximate surface area is 88.2 Å². The van der Waals surface area contributed by atoms with Crippen LogP contribution in [0.3, 0.4) is 0 Å². The van der Waals surface area contributed by atoms with E-state index in [1.807, 2.05) is 0 Å². The second kappa shape index (κ2) is 5.50. The van der Waals surface area contributed by atoms with Crippen LogP contribution in [-0.4, -0.2) is 49.7 Å². The average molecular weight is 216 g/mol. The van der Waals surface area contributed by atoms with E-state index in [0.717, 1.165) is 19.6 Å². The van der Waals surface area contributed by atoms with Crippen molar-refractivity contribution in [1.29, 1.82) is 0 Å². The molecule has 86 valence electrons. The fourth-order valence-corrected chi connectivity index (χ4v) is 1.60. The molecule has 1 atom stereocenters. The molecule has 0 aliphatic carbocycles. The van der Waals surface area contributed by atoms with Gasteiger partial charge in [0.2, 0.25) is 0 Å². The number of guanidine groups is 1. The van der Waals surface area contributed by atoms with Gasteiger partial charge in [-0.05, 0) is 6.42 Å². The van der Waals surface area contributed by atoms with Crippen molar-refractivity contribution in [3.05, 3.63) is 10.1 Å². The highest BCUT2D eigenvalue weighted by molar-refractivity contribution is 5.78. The average Bonchev–Trinajstić information content (AvgIpc) is 2.66. The molecule has 1 unspecified atom stereocenters. The number of rotatable bonds is 3. The molecule has 1 rings (SSSR count). The molecule has 1 fully saturated rings. The first-order valence-electron chi connectivity index (χ1n) is 4.83. The van der Waals surface area contributed by atoms with E-state index in [4.69, 9.17) is 4.74 Å². The van der Waals surface area contributed by atoms with Gasteiger partial charge in [0.15, 0.2) is 5.03 Å². The summed E-state index contributed by atoms with van der Waals surface area (Å²) in [6, 6.07) is 0. The van der Waals surface area contributed by atoms with Crippen LogP contribution in [0.25, 0.3) is 0 Å². The molecular formula is C8H16N4O3. The third-order valence-electron chi connectivity index (χ3n) is 2.32. The minimum Gasteiger partial charge on any atom is -0.381 e. The largest absolute Gasteiger partial charge is 0.381 e. The summed E-state index contributed by atoms with van der Waals surface area (Å²) in [6.07, 6.45) is 1.000. The van der Waals surface area contributed by atoms with Gasteiger partial charge in [-0.15, -0.1) is 0 Å². The Morgan fingerprint density at radius 2 is 2.53 bits per heavy atom. The molecular weight excluding hydrogens is 200 g/mol. The number of nitrogens with zero attached hydrogens (tertiary/aromatic N) is 3. The second-order valence-electron chi connectivity index (χ2n) is 3.52. The molecule has 0 radical (unpaired) electrons. The van der Waals surface area contributed by atoms with Crippen molar-refractivity contribution in [2.24, 2.45) is 11.0 Å². The predicted molar refractivity (Wildman–Crippen MR) is 55.0 cm³/mol. The quantitative estimate of drug-likeness (QED) is 0.304. The van der Waals surface area contributed by atoms with Crippen molar-refractivity contribution in [1.82, 2.24) is 10.2 Å². The van der Waals surface area contributed by atoms with Crippen LogP contribution in [0.1, 0.15) is 6.42 Å². The molecule has 1 heterocycles. The maximum Gasteiger partial charge on any atom is 0.270 e. The molecule has 0 spiro atoms. The zero-order valence-corrected chi connectivity index (χ0v) is 8.97. The Morgan fingerprint density at radius 1 is 1.80 bits per heavy atom. The normalized spacial score (nSPS) is 21.5. The summed E-state index contributed by atoms with van der Waals surface area (Å²) in [5.74, 6) is 0.701. The van der Waals surface area contributed by atoms with Gasteiger partial charge >= 0.3 is 0 Å². The summed E-state index contributed by atoms with van der Waals surface area (Å²) in [7, 11) is 3.39. The van der Waals surface area contributed by atoms with Gasteiger partial charge in [-0.1, -0.05) is 0 Å². The van der Waals surface area contributed by atoms with Crippen LogP contribution in [0.15, 0.2) is 5.10 Å². The molecule has 1 aliphatic heterocycles. The molecule has 0 amide bonds. The first-order chi connectivity index (χ1) is 7.13. The Hall–Kier alpha value is -1.37. The summed E-state index contributed by atoms with van der Waals surface area (Å²) in [5, 5.41) is 15.5. The number of hydrazone groups is 1. The molecule has 0 aromatic heterocycles. The minimum absolute atomic E-state index is 0.270. The first kappa shape index (κ1) is 11.7. The highest BCUT2D eigenvalue weighted by atomic mass is 16.7. The van der Waals surface area contributed by atoms with Crippen LogP contribution in [0.2, 0.25) is 0 Å². The van der Waals surface area contributed by atoms with E-state index >= 15 is 0 Å². The van der Waals surface area contributed by atoms with Crippen molar-refractivity contribution in [3.63, 3.8) is 0 Å². The smallest absolute Gasteiger partial charge is 0.270 e. The summed E-state index contributed by atoms with van der Waals surface area (Å²) in [4.78, 5) is 12.0. The third-order valence-corrected chi connectivity index (χ3v) is 2.32. The van der Waals surface area contributed by atoms with Crippen molar-refractivity contribution < 1.29 is 9.77 Å². The third kappa shape index (κ3) is 3.70. The van der Waals surface area contributed by atoms with Gasteiger partial charge in [0, 0.05) is 33.2 Å². The second-order valence-corrected chi connectivity index (χ2v) is 3.52. The van der Waals surface area contributed by atoms with Crippen molar-refractivity contribution in [3.8, 4) is 0 Å². The Balaban J connectivity index is 2.48. The summed E-state index contributed by atoms with van der Waals surface area (Å²) >= 11 is 0. The number of nitrogens with one attached hydrogen (secondary N) is 1. The number of nitro groups is 1. The Bertz CT molecular complexity index is 250. The monoisotopic (exact) mass is 216 g/mol. The fraction of sp³-hybridized carbons (Fsp3) is 0.875. The molecule has 0 aromatic carbocycles. The zero-order valence-electron chi connectivity index (χ0n) is 8.97. The van der Waals surface area contributed by atoms with E-state index in [9.17, 15) is 10.1 Å². The molecule has 0 aromatic rings. The molecule has 0 bridgehead atoms. The Kier molecular flexibility index (Phi) is 4.29. The molecule has 1 saturated heterocycles. The van der Waals surface area contributed by atoms with E-state index < -0.39 is 5.03 Å². The van der Waals surface area contributed by atoms with Gasteiger partial charge in [-0.25, -0.2) is 10.1 Å². The number of hydrogen-bond acceptors (Lipinski definition) is 3. The van der Waals surface area contributed by atoms with E-state index in [0.29, 0.717) is 12.5 Å². The van der Waals surface area contributed by atoms with Crippen LogP contribution in [0, 0.1) is 16.0 Å². The topological polar surface area (TPSA) is 80.0 Å². The van der Waals surface area contributed by atoms with Gasteiger partial charge in [0.25, 0.3) is 5.96 Å². The standard InChI is InChI=1S/C8H16N4O3/c1-9-8(10-12(13)14)11(2)5-7-3-4-15-6-7/h7H,3-6H2,1-2H3,(H,9,10). The molecule has 1 aliphatic rings. The molecule has 7 heteroatoms. The predicted octanol–water partition coefficient (Wildman–Crippen LogP) is -0.278. The summed E-state index contributed by atoms with van der Waals surface area (Å²) < 4.78 is 5.23. The minimum atomic E-state index is -0.701. The lowest BCUT2D eigenvalue weighted by Crippen LogP contribution is -2.40. The maximum atomic E-state index is 10.2. The van der Waals surface area contributed by atoms with E-state index in [2.05, 4.69) is 10.4 Å². The van der Waals surface area contributed by atoms with Crippen LogP contribution >= 0.6 is 0 Å². The van der Waals surface area contributed by atoms with E-state index in [1.165, 1.54) is 0 Å². The lowest BCUT2D eigenvalue weighted by Gasteiger charge is -2.21. The highest BCUT2D eigenvalue weighted by Gasteiger charge is 2.19. The van der Waals surface area contributed by atoms with Gasteiger partial charge in [0.05, 0.1) is 6.61 Å². The first-order valence-corrected chi connectivity index (χ1v) is 4.83. The van der Waals surface area contributed by atoms with Crippen LogP contribution in [0.4, 0.5) is 0 Å². The SMILES string of the molecule is CN/C(=N\[N+](=O)[O-])N(C)CC1CCOC1. The van der Waals surface area contributed by atoms with Crippen molar-refractivity contribution in [2.45, 2.75) is 6.42 Å². The van der Waals surface area contributed by atoms with Gasteiger partial charge < -0.3 is 15.0 Å². The number of hydrogen-bond donors (Lipinski definition) is 1. The maximum absolute atomic E-state index is 10.2. The van der Waals surface area contributed by atoms with E-state index in [1.54, 1.807) is 19.0 Å². The van der Waals surface area contributed by atoms with Gasteiger partial charge in [0.1, 0.15) is 5.10 Å². The summed E-state index contributed by atoms with van der Waals surface area (Å²) in [6.45, 7) is 2.22. The van der Waals surface area contributed by atoms with Crippen LogP contribution < -0.4 is 5.32 Å². The molecule has 15 heavy (non-hydrogen) atoms. The van der Waals surface area contributed by atoms with E-state index in [-0.39, 0.29) is 5.96 Å². The molecule has 7 nitrogen and oxygen atoms in total. The fourth-order valence-electron chi connectivity index (χ4n) is 1.60. The zero-order chi connectivity index (χ0) is 11.3. The lowest BCUT2D eigenvalue weighted by atomic mass is 10.1. The van der Waals surface area contributed by atoms with Gasteiger partial charge in [-0.2, -0.15) is 0 Å². The van der Waals surface area contributed by atoms with Gasteiger partial charge in [-0.3, -0.25) is 0 Å². The van der Waals surface area contributed by atoms with Crippen molar-refractivity contribution >= 4 is 5.96 Å². The lowest BCUT2D eigenvalue weighted by molar-refractivity contribution is -0.485. The highest BCUT2D eigenvalue weighted by Crippen LogP contribution is 2.13. The molecule has 0 saturated carbocycles. The Morgan fingerprint density at radius 3 is 3.00 bits per heavy atom. The number of ether oxygens (including phenoxy) is 1.